The minimum Gasteiger partial charge on any atom is -0.494 e. The van der Waals surface area contributed by atoms with Gasteiger partial charge in [-0.15, -0.1) is 0 Å². The van der Waals surface area contributed by atoms with E-state index in [0.717, 1.165) is 37.3 Å². The van der Waals surface area contributed by atoms with E-state index in [0.29, 0.717) is 35.9 Å². The maximum absolute atomic E-state index is 12.6. The van der Waals surface area contributed by atoms with Crippen molar-refractivity contribution in [2.75, 3.05) is 18.5 Å². The van der Waals surface area contributed by atoms with Crippen LogP contribution in [0.25, 0.3) is 0 Å². The first-order chi connectivity index (χ1) is 13.2. The zero-order valence-electron chi connectivity index (χ0n) is 15.3. The number of fused-ring (bicyclic) bond motifs is 1. The Bertz CT molecular complexity index is 820. The van der Waals surface area contributed by atoms with E-state index < -0.39 is 0 Å². The molecule has 3 N–H and O–H groups in total. The van der Waals surface area contributed by atoms with Gasteiger partial charge in [-0.2, -0.15) is 0 Å². The van der Waals surface area contributed by atoms with E-state index in [4.69, 9.17) is 4.74 Å². The lowest BCUT2D eigenvalue weighted by atomic mass is 9.93. The third-order valence-electron chi connectivity index (χ3n) is 5.33. The normalized spacial score (nSPS) is 19.0. The van der Waals surface area contributed by atoms with Crippen molar-refractivity contribution in [3.63, 3.8) is 0 Å². The van der Waals surface area contributed by atoms with Gasteiger partial charge in [0.2, 0.25) is 0 Å². The molecule has 0 saturated carbocycles. The largest absolute Gasteiger partial charge is 0.494 e. The summed E-state index contributed by atoms with van der Waals surface area (Å²) in [6.07, 6.45) is 7.27. The molecule has 1 atom stereocenters. The van der Waals surface area contributed by atoms with Crippen LogP contribution in [0.15, 0.2) is 30.5 Å². The second-order valence-electron chi connectivity index (χ2n) is 7.24. The number of anilines is 1. The number of benzene rings is 1. The Morgan fingerprint density at radius 1 is 1.19 bits per heavy atom. The van der Waals surface area contributed by atoms with Crippen LogP contribution in [-0.2, 0) is 6.42 Å². The van der Waals surface area contributed by atoms with Crippen LogP contribution in [0.4, 0.5) is 5.69 Å². The molecule has 1 fully saturated rings. The van der Waals surface area contributed by atoms with Crippen LogP contribution in [0.2, 0.25) is 0 Å². The van der Waals surface area contributed by atoms with Crippen LogP contribution in [0.3, 0.4) is 0 Å². The Hall–Kier alpha value is -2.60. The summed E-state index contributed by atoms with van der Waals surface area (Å²) in [5.74, 6) is 0.576. The SMILES string of the molecule is O=C(Nc1ccc(OCCC2CCCN2)cc1)c1c[nH]c2c1C(=O)CCC2. The van der Waals surface area contributed by atoms with Gasteiger partial charge in [-0.1, -0.05) is 0 Å². The van der Waals surface area contributed by atoms with E-state index in [1.54, 1.807) is 6.20 Å². The molecule has 6 nitrogen and oxygen atoms in total. The number of aromatic nitrogens is 1. The molecule has 2 aliphatic rings. The molecule has 1 amide bonds. The molecular formula is C21H25N3O3. The van der Waals surface area contributed by atoms with Gasteiger partial charge in [0.1, 0.15) is 5.75 Å². The standard InChI is InChI=1S/C21H25N3O3/c25-19-5-1-4-18-20(19)17(13-23-18)21(26)24-15-6-8-16(9-7-15)27-12-10-14-3-2-11-22-14/h6-9,13-14,22-23H,1-5,10-12H2,(H,24,26). The Kier molecular flexibility index (Phi) is 5.25. The van der Waals surface area contributed by atoms with Gasteiger partial charge in [0.15, 0.2) is 5.78 Å². The zero-order valence-corrected chi connectivity index (χ0v) is 15.3. The number of nitrogens with one attached hydrogen (secondary N) is 3. The van der Waals surface area contributed by atoms with Crippen LogP contribution >= 0.6 is 0 Å². The van der Waals surface area contributed by atoms with Gasteiger partial charge in [0.25, 0.3) is 5.91 Å². The number of hydrogen-bond acceptors (Lipinski definition) is 4. The van der Waals surface area contributed by atoms with Gasteiger partial charge in [-0.25, -0.2) is 0 Å². The van der Waals surface area contributed by atoms with Crippen LogP contribution in [0, 0.1) is 0 Å². The number of aromatic amines is 1. The molecule has 1 aliphatic heterocycles. The van der Waals surface area contributed by atoms with Crippen molar-refractivity contribution in [3.8, 4) is 5.75 Å². The molecule has 142 valence electrons. The second-order valence-corrected chi connectivity index (χ2v) is 7.24. The fraction of sp³-hybridized carbons (Fsp3) is 0.429. The number of ether oxygens (including phenoxy) is 1. The third kappa shape index (κ3) is 4.06. The second kappa shape index (κ2) is 7.96. The van der Waals surface area contributed by atoms with E-state index >= 15 is 0 Å². The van der Waals surface area contributed by atoms with Gasteiger partial charge in [-0.3, -0.25) is 9.59 Å². The highest BCUT2D eigenvalue weighted by atomic mass is 16.5. The molecule has 1 aromatic heterocycles. The lowest BCUT2D eigenvalue weighted by molar-refractivity contribution is 0.0956. The van der Waals surface area contributed by atoms with Gasteiger partial charge >= 0.3 is 0 Å². The summed E-state index contributed by atoms with van der Waals surface area (Å²) in [4.78, 5) is 27.8. The van der Waals surface area contributed by atoms with E-state index in [1.807, 2.05) is 24.3 Å². The highest BCUT2D eigenvalue weighted by molar-refractivity contribution is 6.13. The molecule has 0 radical (unpaired) electrons. The van der Waals surface area contributed by atoms with Crippen LogP contribution < -0.4 is 15.4 Å². The fourth-order valence-electron chi connectivity index (χ4n) is 3.87. The monoisotopic (exact) mass is 367 g/mol. The number of carbonyl (C=O) groups excluding carboxylic acids is 2. The van der Waals surface area contributed by atoms with Crippen molar-refractivity contribution in [1.82, 2.24) is 10.3 Å². The van der Waals surface area contributed by atoms with E-state index in [2.05, 4.69) is 15.6 Å². The molecule has 2 aromatic rings. The molecule has 1 saturated heterocycles. The molecule has 1 aromatic carbocycles. The topological polar surface area (TPSA) is 83.2 Å². The van der Waals surface area contributed by atoms with Gasteiger partial charge in [0.05, 0.1) is 17.7 Å². The Morgan fingerprint density at radius 2 is 2.04 bits per heavy atom. The quantitative estimate of drug-likeness (QED) is 0.731. The number of hydrogen-bond donors (Lipinski definition) is 3. The van der Waals surface area contributed by atoms with Crippen LogP contribution in [0.5, 0.6) is 5.75 Å². The molecule has 1 aliphatic carbocycles. The molecule has 2 heterocycles. The summed E-state index contributed by atoms with van der Waals surface area (Å²) >= 11 is 0. The lowest BCUT2D eigenvalue weighted by Gasteiger charge is -2.13. The minimum absolute atomic E-state index is 0.0446. The van der Waals surface area contributed by atoms with Crippen molar-refractivity contribution in [3.05, 3.63) is 47.3 Å². The average molecular weight is 367 g/mol. The van der Waals surface area contributed by atoms with Crippen molar-refractivity contribution in [2.45, 2.75) is 44.6 Å². The van der Waals surface area contributed by atoms with Crippen molar-refractivity contribution >= 4 is 17.4 Å². The first-order valence-electron chi connectivity index (χ1n) is 9.72. The number of ketones is 1. The highest BCUT2D eigenvalue weighted by Crippen LogP contribution is 2.25. The summed E-state index contributed by atoms with van der Waals surface area (Å²) in [6.45, 7) is 1.79. The maximum Gasteiger partial charge on any atom is 0.257 e. The minimum atomic E-state index is -0.260. The zero-order chi connectivity index (χ0) is 18.6. The Labute approximate surface area is 158 Å². The predicted molar refractivity (Wildman–Crippen MR) is 104 cm³/mol. The molecule has 1 unspecified atom stereocenters. The van der Waals surface area contributed by atoms with Gasteiger partial charge in [-0.05, 0) is 62.9 Å². The molecule has 27 heavy (non-hydrogen) atoms. The van der Waals surface area contributed by atoms with Crippen LogP contribution in [-0.4, -0.2) is 35.9 Å². The fourth-order valence-corrected chi connectivity index (χ4v) is 3.87. The molecule has 0 bridgehead atoms. The van der Waals surface area contributed by atoms with Gasteiger partial charge in [0, 0.05) is 30.0 Å². The predicted octanol–water partition coefficient (Wildman–Crippen LogP) is 3.31. The number of H-pyrrole nitrogens is 1. The molecular weight excluding hydrogens is 342 g/mol. The maximum atomic E-state index is 12.6. The van der Waals surface area contributed by atoms with E-state index in [1.165, 1.54) is 12.8 Å². The van der Waals surface area contributed by atoms with Crippen LogP contribution in [0.1, 0.15) is 58.5 Å². The summed E-state index contributed by atoms with van der Waals surface area (Å²) in [7, 11) is 0. The Morgan fingerprint density at radius 3 is 2.81 bits per heavy atom. The number of aryl methyl sites for hydroxylation is 1. The lowest BCUT2D eigenvalue weighted by Crippen LogP contribution is -2.23. The van der Waals surface area contributed by atoms with E-state index in [-0.39, 0.29) is 11.7 Å². The number of rotatable bonds is 6. The molecule has 0 spiro atoms. The highest BCUT2D eigenvalue weighted by Gasteiger charge is 2.25. The third-order valence-corrected chi connectivity index (χ3v) is 5.33. The first-order valence-corrected chi connectivity index (χ1v) is 9.72. The smallest absolute Gasteiger partial charge is 0.257 e. The van der Waals surface area contributed by atoms with Gasteiger partial charge < -0.3 is 20.4 Å². The Balaban J connectivity index is 1.33. The summed E-state index contributed by atoms with van der Waals surface area (Å²) in [5.41, 5.74) is 2.54. The number of Topliss-reactive ketones (excluding diaryl/α,β-unsaturated/α-hetero) is 1. The van der Waals surface area contributed by atoms with Crippen molar-refractivity contribution < 1.29 is 14.3 Å². The average Bonchev–Trinajstić information content (AvgIpc) is 3.33. The summed E-state index contributed by atoms with van der Waals surface area (Å²) < 4.78 is 5.79. The first kappa shape index (κ1) is 17.8. The summed E-state index contributed by atoms with van der Waals surface area (Å²) in [6, 6.07) is 7.92. The number of carbonyl (C=O) groups is 2. The van der Waals surface area contributed by atoms with E-state index in [9.17, 15) is 9.59 Å². The van der Waals surface area contributed by atoms with Crippen molar-refractivity contribution in [2.24, 2.45) is 0 Å². The summed E-state index contributed by atoms with van der Waals surface area (Å²) in [5, 5.41) is 6.32. The molecule has 6 heteroatoms. The number of amides is 1. The molecule has 4 rings (SSSR count). The van der Waals surface area contributed by atoms with Crippen molar-refractivity contribution in [1.29, 1.82) is 0 Å².